The summed E-state index contributed by atoms with van der Waals surface area (Å²) in [5, 5.41) is 6.54. The van der Waals surface area contributed by atoms with Gasteiger partial charge in [0.2, 0.25) is 0 Å². The third kappa shape index (κ3) is 4.69. The molecule has 0 aromatic carbocycles. The Bertz CT molecular complexity index is 399. The highest BCUT2D eigenvalue weighted by Gasteiger charge is 2.27. The zero-order chi connectivity index (χ0) is 13.7. The lowest BCUT2D eigenvalue weighted by Gasteiger charge is -2.10. The average Bonchev–Trinajstić information content (AvgIpc) is 3.22. The van der Waals surface area contributed by atoms with Gasteiger partial charge in [-0.1, -0.05) is 26.7 Å². The molecular formula is C15H26N4. The molecule has 0 spiro atoms. The highest BCUT2D eigenvalue weighted by atomic mass is 15.1. The summed E-state index contributed by atoms with van der Waals surface area (Å²) in [6, 6.07) is 1.99. The van der Waals surface area contributed by atoms with Gasteiger partial charge in [0.1, 0.15) is 17.5 Å². The molecule has 1 aliphatic carbocycles. The molecule has 4 nitrogen and oxygen atoms in total. The Kier molecular flexibility index (Phi) is 5.00. The van der Waals surface area contributed by atoms with Crippen molar-refractivity contribution in [2.75, 3.05) is 24.2 Å². The number of nitrogens with one attached hydrogen (secondary N) is 2. The smallest absolute Gasteiger partial charge is 0.136 e. The summed E-state index contributed by atoms with van der Waals surface area (Å²) in [7, 11) is 1.91. The van der Waals surface area contributed by atoms with Crippen LogP contribution in [0.15, 0.2) is 6.07 Å². The van der Waals surface area contributed by atoms with Crippen LogP contribution in [-0.4, -0.2) is 23.6 Å². The molecule has 1 aromatic heterocycles. The zero-order valence-electron chi connectivity index (χ0n) is 12.4. The fraction of sp³-hybridized carbons (Fsp3) is 0.733. The van der Waals surface area contributed by atoms with Crippen LogP contribution < -0.4 is 10.6 Å². The Morgan fingerprint density at radius 3 is 2.58 bits per heavy atom. The van der Waals surface area contributed by atoms with E-state index in [4.69, 9.17) is 0 Å². The van der Waals surface area contributed by atoms with Crippen LogP contribution in [0.25, 0.3) is 0 Å². The Balaban J connectivity index is 1.83. The first-order valence-electron chi connectivity index (χ1n) is 7.49. The maximum absolute atomic E-state index is 4.61. The fourth-order valence-electron chi connectivity index (χ4n) is 2.10. The van der Waals surface area contributed by atoms with E-state index in [-0.39, 0.29) is 0 Å². The number of nitrogens with zero attached hydrogens (tertiary/aromatic N) is 2. The van der Waals surface area contributed by atoms with E-state index in [1.807, 2.05) is 13.1 Å². The van der Waals surface area contributed by atoms with E-state index in [0.29, 0.717) is 5.92 Å². The van der Waals surface area contributed by atoms with E-state index < -0.39 is 0 Å². The molecule has 4 heteroatoms. The first kappa shape index (κ1) is 14.1. The van der Waals surface area contributed by atoms with E-state index in [1.165, 1.54) is 32.1 Å². The Morgan fingerprint density at radius 1 is 1.21 bits per heavy atom. The van der Waals surface area contributed by atoms with Gasteiger partial charge < -0.3 is 10.6 Å². The summed E-state index contributed by atoms with van der Waals surface area (Å²) in [6.45, 7) is 5.55. The molecule has 0 unspecified atom stereocenters. The monoisotopic (exact) mass is 262 g/mol. The van der Waals surface area contributed by atoms with Crippen molar-refractivity contribution < 1.29 is 0 Å². The number of hydrogen-bond donors (Lipinski definition) is 2. The lowest BCUT2D eigenvalue weighted by Crippen LogP contribution is -2.07. The van der Waals surface area contributed by atoms with Gasteiger partial charge in [-0.3, -0.25) is 0 Å². The standard InChI is InChI=1S/C15H26N4/c1-11(2)6-4-5-9-17-14-10-13(16-3)18-15(19-14)12-7-8-12/h10-12H,4-9H2,1-3H3,(H2,16,17,18,19). The van der Waals surface area contributed by atoms with Crippen LogP contribution in [0.3, 0.4) is 0 Å². The van der Waals surface area contributed by atoms with Gasteiger partial charge in [0.15, 0.2) is 0 Å². The van der Waals surface area contributed by atoms with Crippen LogP contribution in [0.2, 0.25) is 0 Å². The first-order chi connectivity index (χ1) is 9.19. The van der Waals surface area contributed by atoms with Crippen molar-refractivity contribution in [3.05, 3.63) is 11.9 Å². The van der Waals surface area contributed by atoms with E-state index in [2.05, 4.69) is 34.4 Å². The molecule has 0 saturated heterocycles. The largest absolute Gasteiger partial charge is 0.373 e. The molecule has 0 atom stereocenters. The topological polar surface area (TPSA) is 49.8 Å². The molecule has 2 rings (SSSR count). The third-order valence-electron chi connectivity index (χ3n) is 3.46. The molecule has 0 bridgehead atoms. The molecule has 1 aliphatic rings. The summed E-state index contributed by atoms with van der Waals surface area (Å²) in [6.07, 6.45) is 6.27. The molecule has 1 fully saturated rings. The van der Waals surface area contributed by atoms with Gasteiger partial charge in [0.25, 0.3) is 0 Å². The summed E-state index contributed by atoms with van der Waals surface area (Å²) in [4.78, 5) is 9.13. The molecule has 1 saturated carbocycles. The van der Waals surface area contributed by atoms with E-state index >= 15 is 0 Å². The van der Waals surface area contributed by atoms with Crippen LogP contribution in [0, 0.1) is 5.92 Å². The van der Waals surface area contributed by atoms with Gasteiger partial charge in [-0.05, 0) is 25.2 Å². The van der Waals surface area contributed by atoms with Crippen LogP contribution in [0.4, 0.5) is 11.6 Å². The highest BCUT2D eigenvalue weighted by Crippen LogP contribution is 2.38. The average molecular weight is 262 g/mol. The van der Waals surface area contributed by atoms with Crippen LogP contribution >= 0.6 is 0 Å². The second-order valence-corrected chi connectivity index (χ2v) is 5.84. The fourth-order valence-corrected chi connectivity index (χ4v) is 2.10. The Labute approximate surface area is 116 Å². The molecular weight excluding hydrogens is 236 g/mol. The second-order valence-electron chi connectivity index (χ2n) is 5.84. The summed E-state index contributed by atoms with van der Waals surface area (Å²) < 4.78 is 0. The SMILES string of the molecule is CNc1cc(NCCCCC(C)C)nc(C2CC2)n1. The van der Waals surface area contributed by atoms with Crippen molar-refractivity contribution in [1.29, 1.82) is 0 Å². The van der Waals surface area contributed by atoms with E-state index in [1.54, 1.807) is 0 Å². The predicted molar refractivity (Wildman–Crippen MR) is 80.7 cm³/mol. The predicted octanol–water partition coefficient (Wildman–Crippen LogP) is 3.63. The quantitative estimate of drug-likeness (QED) is 0.702. The molecule has 0 radical (unpaired) electrons. The van der Waals surface area contributed by atoms with Gasteiger partial charge in [-0.2, -0.15) is 0 Å². The van der Waals surface area contributed by atoms with Crippen molar-refractivity contribution in [2.45, 2.75) is 51.9 Å². The minimum absolute atomic E-state index is 0.592. The minimum Gasteiger partial charge on any atom is -0.373 e. The maximum Gasteiger partial charge on any atom is 0.136 e. The molecule has 106 valence electrons. The lowest BCUT2D eigenvalue weighted by atomic mass is 10.1. The maximum atomic E-state index is 4.61. The van der Waals surface area contributed by atoms with Gasteiger partial charge in [-0.15, -0.1) is 0 Å². The normalized spacial score (nSPS) is 14.7. The number of rotatable bonds is 8. The van der Waals surface area contributed by atoms with Crippen LogP contribution in [-0.2, 0) is 0 Å². The van der Waals surface area contributed by atoms with Gasteiger partial charge in [0, 0.05) is 25.6 Å². The van der Waals surface area contributed by atoms with Gasteiger partial charge in [0.05, 0.1) is 0 Å². The molecule has 0 aliphatic heterocycles. The van der Waals surface area contributed by atoms with E-state index in [9.17, 15) is 0 Å². The molecule has 0 amide bonds. The van der Waals surface area contributed by atoms with Crippen molar-refractivity contribution in [3.63, 3.8) is 0 Å². The summed E-state index contributed by atoms with van der Waals surface area (Å²) in [5.41, 5.74) is 0. The van der Waals surface area contributed by atoms with Crippen molar-refractivity contribution >= 4 is 11.6 Å². The zero-order valence-corrected chi connectivity index (χ0v) is 12.4. The minimum atomic E-state index is 0.592. The summed E-state index contributed by atoms with van der Waals surface area (Å²) >= 11 is 0. The van der Waals surface area contributed by atoms with Crippen LogP contribution in [0.1, 0.15) is 57.7 Å². The number of hydrogen-bond acceptors (Lipinski definition) is 4. The Hall–Kier alpha value is -1.32. The molecule has 1 aromatic rings. The van der Waals surface area contributed by atoms with Gasteiger partial charge in [-0.25, -0.2) is 9.97 Å². The van der Waals surface area contributed by atoms with Crippen molar-refractivity contribution in [2.24, 2.45) is 5.92 Å². The molecule has 19 heavy (non-hydrogen) atoms. The lowest BCUT2D eigenvalue weighted by molar-refractivity contribution is 0.544. The molecule has 2 N–H and O–H groups in total. The Morgan fingerprint density at radius 2 is 1.95 bits per heavy atom. The molecule has 1 heterocycles. The number of anilines is 2. The van der Waals surface area contributed by atoms with Gasteiger partial charge >= 0.3 is 0 Å². The van der Waals surface area contributed by atoms with Crippen molar-refractivity contribution in [1.82, 2.24) is 9.97 Å². The van der Waals surface area contributed by atoms with Crippen LogP contribution in [0.5, 0.6) is 0 Å². The highest BCUT2D eigenvalue weighted by molar-refractivity contribution is 5.47. The van der Waals surface area contributed by atoms with E-state index in [0.717, 1.165) is 29.9 Å². The van der Waals surface area contributed by atoms with Crippen molar-refractivity contribution in [3.8, 4) is 0 Å². The first-order valence-corrected chi connectivity index (χ1v) is 7.49. The summed E-state index contributed by atoms with van der Waals surface area (Å²) in [5.74, 6) is 4.27. The second kappa shape index (κ2) is 6.73. The number of aromatic nitrogens is 2. The third-order valence-corrected chi connectivity index (χ3v) is 3.46. The number of unbranched alkanes of at least 4 members (excludes halogenated alkanes) is 1.